The van der Waals surface area contributed by atoms with Crippen LogP contribution in [0.15, 0.2) is 90.1 Å². The van der Waals surface area contributed by atoms with Crippen molar-refractivity contribution in [1.82, 2.24) is 29.0 Å². The number of aryl methyl sites for hydroxylation is 1. The zero-order valence-corrected chi connectivity index (χ0v) is 26.9. The van der Waals surface area contributed by atoms with Gasteiger partial charge in [-0.3, -0.25) is 14.2 Å². The summed E-state index contributed by atoms with van der Waals surface area (Å²) in [5, 5.41) is 2.81. The summed E-state index contributed by atoms with van der Waals surface area (Å²) in [7, 11) is 5.51. The maximum absolute atomic E-state index is 14.0. The van der Waals surface area contributed by atoms with Crippen LogP contribution in [-0.2, 0) is 11.2 Å². The smallest absolute Gasteiger partial charge is 0.339 e. The van der Waals surface area contributed by atoms with Crippen LogP contribution in [-0.4, -0.2) is 68.5 Å². The molecule has 0 radical (unpaired) electrons. The molecule has 238 valence electrons. The monoisotopic (exact) mass is 621 g/mol. The lowest BCUT2D eigenvalue weighted by atomic mass is 10.2. The van der Waals surface area contributed by atoms with Gasteiger partial charge in [0.05, 0.1) is 11.4 Å². The molecular formula is C34H39N9O3. The highest BCUT2D eigenvalue weighted by atomic mass is 16.2. The molecule has 0 saturated heterocycles. The van der Waals surface area contributed by atoms with Gasteiger partial charge in [0.1, 0.15) is 17.7 Å². The van der Waals surface area contributed by atoms with E-state index in [1.807, 2.05) is 51.9 Å². The van der Waals surface area contributed by atoms with Crippen LogP contribution in [0.2, 0.25) is 0 Å². The van der Waals surface area contributed by atoms with E-state index < -0.39 is 5.69 Å². The highest BCUT2D eigenvalue weighted by molar-refractivity contribution is 6.04. The number of benzene rings is 2. The molecule has 3 N–H and O–H groups in total. The molecule has 12 nitrogen and oxygen atoms in total. The molecule has 0 aliphatic rings. The number of anilines is 3. The first-order chi connectivity index (χ1) is 22.2. The van der Waals surface area contributed by atoms with E-state index in [1.54, 1.807) is 67.9 Å². The Morgan fingerprint density at radius 3 is 2.37 bits per heavy atom. The van der Waals surface area contributed by atoms with E-state index in [4.69, 9.17) is 5.73 Å². The molecule has 0 fully saturated rings. The van der Waals surface area contributed by atoms with Crippen LogP contribution in [0, 0.1) is 0 Å². The van der Waals surface area contributed by atoms with E-state index in [1.165, 1.54) is 26.4 Å². The summed E-state index contributed by atoms with van der Waals surface area (Å²) in [6, 6.07) is 17.3. The maximum Gasteiger partial charge on any atom is 0.339 e. The Kier molecular flexibility index (Phi) is 10.8. The quantitative estimate of drug-likeness (QED) is 0.230. The van der Waals surface area contributed by atoms with Crippen LogP contribution in [0.5, 0.6) is 0 Å². The Labute approximate surface area is 267 Å². The zero-order chi connectivity index (χ0) is 33.4. The number of hydrogen-bond acceptors (Lipinski definition) is 8. The van der Waals surface area contributed by atoms with E-state index in [2.05, 4.69) is 20.3 Å². The number of nitrogens with zero attached hydrogens (tertiary/aromatic N) is 7. The molecular weight excluding hydrogens is 582 g/mol. The Bertz CT molecular complexity index is 1930. The normalized spacial score (nSPS) is 11.0. The molecule has 0 bridgehead atoms. The third-order valence-corrected chi connectivity index (χ3v) is 7.05. The number of rotatable bonds is 9. The van der Waals surface area contributed by atoms with Crippen molar-refractivity contribution in [3.05, 3.63) is 107 Å². The molecule has 5 aromatic rings. The second-order valence-electron chi connectivity index (χ2n) is 10.4. The average Bonchev–Trinajstić information content (AvgIpc) is 3.38. The van der Waals surface area contributed by atoms with Crippen LogP contribution in [0.25, 0.3) is 22.5 Å². The van der Waals surface area contributed by atoms with Gasteiger partial charge in [-0.2, -0.15) is 0 Å². The van der Waals surface area contributed by atoms with Gasteiger partial charge in [-0.1, -0.05) is 32.9 Å². The van der Waals surface area contributed by atoms with Gasteiger partial charge in [-0.05, 0) is 80.7 Å². The minimum Gasteiger partial charge on any atom is -0.382 e. The number of nitrogens with two attached hydrogens (primary N) is 1. The maximum atomic E-state index is 14.0. The Morgan fingerprint density at radius 1 is 0.935 bits per heavy atom. The van der Waals surface area contributed by atoms with E-state index in [0.29, 0.717) is 46.2 Å². The number of fused-ring (bicyclic) bond motifs is 1. The summed E-state index contributed by atoms with van der Waals surface area (Å²) < 4.78 is 2.83. The number of amides is 2. The van der Waals surface area contributed by atoms with Gasteiger partial charge in [0.2, 0.25) is 5.91 Å². The van der Waals surface area contributed by atoms with Crippen LogP contribution >= 0.6 is 0 Å². The van der Waals surface area contributed by atoms with Gasteiger partial charge >= 0.3 is 5.69 Å². The number of aromatic nitrogens is 5. The fraction of sp³-hybridized carbons (Fsp3) is 0.235. The van der Waals surface area contributed by atoms with Gasteiger partial charge in [-0.15, -0.1) is 0 Å². The van der Waals surface area contributed by atoms with Crippen molar-refractivity contribution in [2.24, 2.45) is 0 Å². The largest absolute Gasteiger partial charge is 0.382 e. The lowest BCUT2D eigenvalue weighted by Crippen LogP contribution is -2.25. The zero-order valence-electron chi connectivity index (χ0n) is 26.9. The first-order valence-electron chi connectivity index (χ1n) is 15.0. The lowest BCUT2D eigenvalue weighted by molar-refractivity contribution is -0.113. The summed E-state index contributed by atoms with van der Waals surface area (Å²) in [5.74, 6) is 0.0381. The molecule has 46 heavy (non-hydrogen) atoms. The topological polar surface area (TPSA) is 144 Å². The highest BCUT2D eigenvalue weighted by Gasteiger charge is 2.21. The van der Waals surface area contributed by atoms with Crippen molar-refractivity contribution in [3.63, 3.8) is 0 Å². The highest BCUT2D eigenvalue weighted by Crippen LogP contribution is 2.25. The van der Waals surface area contributed by atoms with Gasteiger partial charge in [0.15, 0.2) is 11.5 Å². The van der Waals surface area contributed by atoms with Crippen molar-refractivity contribution < 1.29 is 9.59 Å². The molecule has 0 saturated carbocycles. The molecule has 2 amide bonds. The lowest BCUT2D eigenvalue weighted by Gasteiger charge is -2.16. The van der Waals surface area contributed by atoms with Crippen molar-refractivity contribution in [2.45, 2.75) is 27.2 Å². The Balaban J connectivity index is 0.00000235. The first kappa shape index (κ1) is 33.3. The van der Waals surface area contributed by atoms with E-state index in [0.717, 1.165) is 12.0 Å². The number of nitrogens with one attached hydrogen (secondary N) is 1. The van der Waals surface area contributed by atoms with Crippen molar-refractivity contribution in [3.8, 4) is 11.4 Å². The predicted octanol–water partition coefficient (Wildman–Crippen LogP) is 4.47. The predicted molar refractivity (Wildman–Crippen MR) is 183 cm³/mol. The van der Waals surface area contributed by atoms with Gasteiger partial charge in [0.25, 0.3) is 5.91 Å². The van der Waals surface area contributed by atoms with Crippen LogP contribution < -0.4 is 21.6 Å². The average molecular weight is 622 g/mol. The summed E-state index contributed by atoms with van der Waals surface area (Å²) in [6.45, 7) is 6.66. The minimum atomic E-state index is -0.443. The van der Waals surface area contributed by atoms with E-state index in [9.17, 15) is 14.4 Å². The van der Waals surface area contributed by atoms with Crippen LogP contribution in [0.1, 0.15) is 36.7 Å². The van der Waals surface area contributed by atoms with Crippen molar-refractivity contribution in [1.29, 1.82) is 0 Å². The summed E-state index contributed by atoms with van der Waals surface area (Å²) >= 11 is 0. The van der Waals surface area contributed by atoms with Gasteiger partial charge < -0.3 is 20.9 Å². The van der Waals surface area contributed by atoms with Crippen LogP contribution in [0.4, 0.5) is 17.3 Å². The molecule has 5 rings (SSSR count). The minimum absolute atomic E-state index is 0.115. The molecule has 0 aliphatic carbocycles. The molecule has 3 heterocycles. The number of nitrogen functional groups attached to an aromatic ring is 1. The summed E-state index contributed by atoms with van der Waals surface area (Å²) in [5.41, 5.74) is 9.43. The van der Waals surface area contributed by atoms with E-state index >= 15 is 0 Å². The number of imidazole rings is 1. The molecule has 0 atom stereocenters. The number of likely N-dealkylation sites (N-methyl/N-ethyl adjacent to an activating group) is 2. The number of hydrogen-bond donors (Lipinski definition) is 2. The fourth-order valence-corrected chi connectivity index (χ4v) is 4.68. The summed E-state index contributed by atoms with van der Waals surface area (Å²) in [6.07, 6.45) is 7.07. The number of carbonyl (C=O) groups excluding carboxylic acids is 2. The Hall–Kier alpha value is -5.62. The van der Waals surface area contributed by atoms with Crippen LogP contribution in [0.3, 0.4) is 0 Å². The van der Waals surface area contributed by atoms with Gasteiger partial charge in [-0.25, -0.2) is 24.3 Å². The van der Waals surface area contributed by atoms with E-state index in [-0.39, 0.29) is 17.6 Å². The molecule has 0 spiro atoms. The fourth-order valence-electron chi connectivity index (χ4n) is 4.68. The molecule has 0 aliphatic heterocycles. The second kappa shape index (κ2) is 14.9. The van der Waals surface area contributed by atoms with Gasteiger partial charge in [0, 0.05) is 37.1 Å². The molecule has 3 aromatic heterocycles. The van der Waals surface area contributed by atoms with Crippen molar-refractivity contribution >= 4 is 40.3 Å². The Morgan fingerprint density at radius 2 is 1.67 bits per heavy atom. The first-order valence-corrected chi connectivity index (χ1v) is 15.0. The number of carbonyl (C=O) groups is 2. The third kappa shape index (κ3) is 7.19. The summed E-state index contributed by atoms with van der Waals surface area (Å²) in [4.78, 5) is 55.8. The molecule has 0 unspecified atom stereocenters. The van der Waals surface area contributed by atoms with Crippen molar-refractivity contribution in [2.75, 3.05) is 43.6 Å². The SMILES string of the molecule is CC.CCc1ccnc(NC(=O)c2ccc(-n3c(=O)n(-c4cccc(N(C)C(=O)/C=C/CN(C)C)c4)c4ncnc(N)c43)cc2)c1. The third-order valence-electron chi connectivity index (χ3n) is 7.05. The number of pyridine rings is 1. The molecule has 12 heteroatoms. The second-order valence-corrected chi connectivity index (χ2v) is 10.4. The standard InChI is InChI=1S/C32H33N9O3.C2H6/c1-5-21-15-16-34-26(18-21)37-31(43)22-11-13-23(14-12-22)40-28-29(33)35-20-36-30(28)41(32(40)44)25-9-6-8-24(19-25)39(4)27(42)10-7-17-38(2)3;1-2/h6-16,18-20H,5,17H2,1-4H3,(H2,33,35,36)(H,34,37,43);1-2H3/b10-7+;. The molecule has 2 aromatic carbocycles.